The molecule has 4 heteroatoms. The van der Waals surface area contributed by atoms with Crippen LogP contribution in [0.1, 0.15) is 11.1 Å². The van der Waals surface area contributed by atoms with E-state index in [0.29, 0.717) is 24.6 Å². The molecule has 0 atom stereocenters. The van der Waals surface area contributed by atoms with Crippen LogP contribution in [0.4, 0.5) is 10.1 Å². The van der Waals surface area contributed by atoms with Crippen LogP contribution in [0.5, 0.6) is 5.75 Å². The SMILES string of the molecule is COCc1cccc(CNc2cc(OC)ccc2F)c1. The molecule has 20 heavy (non-hydrogen) atoms. The normalized spacial score (nSPS) is 10.3. The van der Waals surface area contributed by atoms with Crippen molar-refractivity contribution in [1.82, 2.24) is 0 Å². The minimum Gasteiger partial charge on any atom is -0.497 e. The van der Waals surface area contributed by atoms with Gasteiger partial charge in [-0.3, -0.25) is 0 Å². The van der Waals surface area contributed by atoms with Crippen LogP contribution in [0.2, 0.25) is 0 Å². The molecule has 0 spiro atoms. The molecule has 0 radical (unpaired) electrons. The van der Waals surface area contributed by atoms with E-state index in [9.17, 15) is 4.39 Å². The van der Waals surface area contributed by atoms with E-state index in [-0.39, 0.29) is 5.82 Å². The van der Waals surface area contributed by atoms with Gasteiger partial charge in [-0.2, -0.15) is 0 Å². The van der Waals surface area contributed by atoms with Gasteiger partial charge in [-0.05, 0) is 23.3 Å². The van der Waals surface area contributed by atoms with Crippen LogP contribution in [-0.4, -0.2) is 14.2 Å². The highest BCUT2D eigenvalue weighted by Crippen LogP contribution is 2.21. The summed E-state index contributed by atoms with van der Waals surface area (Å²) in [4.78, 5) is 0. The maximum atomic E-state index is 13.7. The Bertz CT molecular complexity index is 572. The number of halogens is 1. The van der Waals surface area contributed by atoms with Gasteiger partial charge in [0.2, 0.25) is 0 Å². The summed E-state index contributed by atoms with van der Waals surface area (Å²) in [6.45, 7) is 1.11. The van der Waals surface area contributed by atoms with E-state index in [1.165, 1.54) is 6.07 Å². The number of nitrogens with one attached hydrogen (secondary N) is 1. The van der Waals surface area contributed by atoms with Gasteiger partial charge >= 0.3 is 0 Å². The second-order valence-corrected chi connectivity index (χ2v) is 4.45. The van der Waals surface area contributed by atoms with Crippen molar-refractivity contribution in [3.8, 4) is 5.75 Å². The summed E-state index contributed by atoms with van der Waals surface area (Å²) in [5, 5.41) is 3.08. The Labute approximate surface area is 118 Å². The van der Waals surface area contributed by atoms with Gasteiger partial charge in [0.15, 0.2) is 0 Å². The second-order valence-electron chi connectivity index (χ2n) is 4.45. The highest BCUT2D eigenvalue weighted by atomic mass is 19.1. The van der Waals surface area contributed by atoms with Gasteiger partial charge in [0.25, 0.3) is 0 Å². The predicted octanol–water partition coefficient (Wildman–Crippen LogP) is 3.59. The van der Waals surface area contributed by atoms with Gasteiger partial charge in [0.1, 0.15) is 11.6 Å². The van der Waals surface area contributed by atoms with Crippen molar-refractivity contribution in [2.75, 3.05) is 19.5 Å². The molecule has 3 nitrogen and oxygen atoms in total. The fraction of sp³-hybridized carbons (Fsp3) is 0.250. The van der Waals surface area contributed by atoms with Gasteiger partial charge in [0, 0.05) is 19.7 Å². The largest absolute Gasteiger partial charge is 0.497 e. The molecule has 0 bridgehead atoms. The van der Waals surface area contributed by atoms with Crippen LogP contribution in [0.25, 0.3) is 0 Å². The van der Waals surface area contributed by atoms with E-state index in [1.54, 1.807) is 26.4 Å². The van der Waals surface area contributed by atoms with E-state index in [2.05, 4.69) is 5.32 Å². The molecule has 2 rings (SSSR count). The molecule has 0 saturated carbocycles. The molecule has 0 aliphatic rings. The first-order valence-corrected chi connectivity index (χ1v) is 6.37. The van der Waals surface area contributed by atoms with Crippen LogP contribution in [0.3, 0.4) is 0 Å². The zero-order valence-corrected chi connectivity index (χ0v) is 11.7. The van der Waals surface area contributed by atoms with Crippen molar-refractivity contribution < 1.29 is 13.9 Å². The number of rotatable bonds is 6. The minimum atomic E-state index is -0.293. The lowest BCUT2D eigenvalue weighted by molar-refractivity contribution is 0.185. The third-order valence-corrected chi connectivity index (χ3v) is 2.96. The lowest BCUT2D eigenvalue weighted by Gasteiger charge is -2.10. The van der Waals surface area contributed by atoms with Crippen molar-refractivity contribution in [1.29, 1.82) is 0 Å². The van der Waals surface area contributed by atoms with E-state index >= 15 is 0 Å². The fourth-order valence-corrected chi connectivity index (χ4v) is 1.96. The maximum absolute atomic E-state index is 13.7. The molecule has 0 aliphatic heterocycles. The maximum Gasteiger partial charge on any atom is 0.146 e. The van der Waals surface area contributed by atoms with Crippen LogP contribution < -0.4 is 10.1 Å². The van der Waals surface area contributed by atoms with Crippen molar-refractivity contribution >= 4 is 5.69 Å². The van der Waals surface area contributed by atoms with E-state index in [1.807, 2.05) is 24.3 Å². The average Bonchev–Trinajstić information content (AvgIpc) is 2.47. The number of hydrogen-bond donors (Lipinski definition) is 1. The van der Waals surface area contributed by atoms with Crippen molar-refractivity contribution in [3.63, 3.8) is 0 Å². The monoisotopic (exact) mass is 275 g/mol. The zero-order chi connectivity index (χ0) is 14.4. The highest BCUT2D eigenvalue weighted by Gasteiger charge is 2.04. The topological polar surface area (TPSA) is 30.5 Å². The summed E-state index contributed by atoms with van der Waals surface area (Å²) in [5.74, 6) is 0.334. The van der Waals surface area contributed by atoms with Crippen LogP contribution in [0, 0.1) is 5.82 Å². The fourth-order valence-electron chi connectivity index (χ4n) is 1.96. The molecule has 2 aromatic rings. The Morgan fingerprint density at radius 1 is 1.05 bits per heavy atom. The molecule has 0 unspecified atom stereocenters. The van der Waals surface area contributed by atoms with Crippen LogP contribution >= 0.6 is 0 Å². The summed E-state index contributed by atoms with van der Waals surface area (Å²) < 4.78 is 23.9. The quantitative estimate of drug-likeness (QED) is 0.874. The lowest BCUT2D eigenvalue weighted by Crippen LogP contribution is -2.02. The molecule has 0 saturated heterocycles. The lowest BCUT2D eigenvalue weighted by atomic mass is 10.1. The molecular weight excluding hydrogens is 257 g/mol. The molecule has 2 aromatic carbocycles. The van der Waals surface area contributed by atoms with Crippen molar-refractivity contribution in [2.45, 2.75) is 13.2 Å². The predicted molar refractivity (Wildman–Crippen MR) is 77.4 cm³/mol. The second kappa shape index (κ2) is 6.91. The highest BCUT2D eigenvalue weighted by molar-refractivity contribution is 5.50. The molecule has 1 N–H and O–H groups in total. The van der Waals surface area contributed by atoms with Gasteiger partial charge < -0.3 is 14.8 Å². The summed E-state index contributed by atoms with van der Waals surface area (Å²) in [6.07, 6.45) is 0. The Morgan fingerprint density at radius 3 is 2.60 bits per heavy atom. The number of methoxy groups -OCH3 is 2. The summed E-state index contributed by atoms with van der Waals surface area (Å²) in [6, 6.07) is 12.6. The zero-order valence-electron chi connectivity index (χ0n) is 11.7. The Hall–Kier alpha value is -2.07. The summed E-state index contributed by atoms with van der Waals surface area (Å²) in [5.41, 5.74) is 2.60. The van der Waals surface area contributed by atoms with E-state index in [0.717, 1.165) is 11.1 Å². The first kappa shape index (κ1) is 14.3. The Morgan fingerprint density at radius 2 is 1.85 bits per heavy atom. The molecule has 0 aromatic heterocycles. The summed E-state index contributed by atoms with van der Waals surface area (Å²) >= 11 is 0. The standard InChI is InChI=1S/C16H18FNO2/c1-19-11-13-5-3-4-12(8-13)10-18-16-9-14(20-2)6-7-15(16)17/h3-9,18H,10-11H2,1-2H3. The molecular formula is C16H18FNO2. The number of hydrogen-bond acceptors (Lipinski definition) is 3. The first-order valence-electron chi connectivity index (χ1n) is 6.37. The van der Waals surface area contributed by atoms with Gasteiger partial charge in [-0.1, -0.05) is 24.3 Å². The van der Waals surface area contributed by atoms with E-state index < -0.39 is 0 Å². The third kappa shape index (κ3) is 3.71. The van der Waals surface area contributed by atoms with Crippen molar-refractivity contribution in [3.05, 3.63) is 59.4 Å². The summed E-state index contributed by atoms with van der Waals surface area (Å²) in [7, 11) is 3.22. The number of anilines is 1. The molecule has 0 heterocycles. The Balaban J connectivity index is 2.06. The average molecular weight is 275 g/mol. The van der Waals surface area contributed by atoms with Crippen LogP contribution in [-0.2, 0) is 17.9 Å². The van der Waals surface area contributed by atoms with Crippen LogP contribution in [0.15, 0.2) is 42.5 Å². The van der Waals surface area contributed by atoms with Crippen molar-refractivity contribution in [2.24, 2.45) is 0 Å². The van der Waals surface area contributed by atoms with Gasteiger partial charge in [-0.15, -0.1) is 0 Å². The van der Waals surface area contributed by atoms with Gasteiger partial charge in [0.05, 0.1) is 19.4 Å². The minimum absolute atomic E-state index is 0.293. The first-order chi connectivity index (χ1) is 9.72. The smallest absolute Gasteiger partial charge is 0.146 e. The molecule has 106 valence electrons. The molecule has 0 aliphatic carbocycles. The number of benzene rings is 2. The molecule has 0 amide bonds. The Kier molecular flexibility index (Phi) is 4.96. The van der Waals surface area contributed by atoms with Gasteiger partial charge in [-0.25, -0.2) is 4.39 Å². The third-order valence-electron chi connectivity index (χ3n) is 2.96. The number of ether oxygens (including phenoxy) is 2. The molecule has 0 fully saturated rings. The van der Waals surface area contributed by atoms with E-state index in [4.69, 9.17) is 9.47 Å².